The van der Waals surface area contributed by atoms with Gasteiger partial charge in [0.1, 0.15) is 11.8 Å². The van der Waals surface area contributed by atoms with Gasteiger partial charge in [-0.15, -0.1) is 0 Å². The fraction of sp³-hybridized carbons (Fsp3) is 0.259. The SMILES string of the molecule is CCc1ccc(OCC(=O)N(Cc2ccc(Cl)cc2)[C@H](Cc2ccccc2)C(=O)NC)c(Br)c1. The van der Waals surface area contributed by atoms with Gasteiger partial charge in [-0.1, -0.05) is 67.1 Å². The molecule has 0 heterocycles. The highest BCUT2D eigenvalue weighted by molar-refractivity contribution is 9.10. The standard InChI is InChI=1S/C27H28BrClN2O3/c1-3-19-11-14-25(23(28)15-19)34-18-26(32)31(17-21-9-12-22(29)13-10-21)24(27(33)30-2)16-20-7-5-4-6-8-20/h4-15,24H,3,16-18H2,1-2H3,(H,30,33)/t24-/m1/s1. The van der Waals surface area contributed by atoms with Crippen LogP contribution in [0.4, 0.5) is 0 Å². The van der Waals surface area contributed by atoms with Gasteiger partial charge in [0.05, 0.1) is 4.47 Å². The Morgan fingerprint density at radius 1 is 1.00 bits per heavy atom. The predicted molar refractivity (Wildman–Crippen MR) is 139 cm³/mol. The minimum absolute atomic E-state index is 0.194. The molecule has 0 aromatic heterocycles. The monoisotopic (exact) mass is 542 g/mol. The molecule has 0 bridgehead atoms. The molecule has 0 unspecified atom stereocenters. The van der Waals surface area contributed by atoms with Crippen molar-refractivity contribution >= 4 is 39.3 Å². The number of rotatable bonds is 10. The van der Waals surface area contributed by atoms with Crippen LogP contribution < -0.4 is 10.1 Å². The van der Waals surface area contributed by atoms with Gasteiger partial charge in [-0.3, -0.25) is 9.59 Å². The molecule has 0 saturated carbocycles. The third-order valence-electron chi connectivity index (χ3n) is 5.54. The normalized spacial score (nSPS) is 11.5. The Labute approximate surface area is 214 Å². The van der Waals surface area contributed by atoms with Crippen molar-refractivity contribution in [2.45, 2.75) is 32.4 Å². The number of carbonyl (C=O) groups is 2. The molecule has 1 N–H and O–H groups in total. The summed E-state index contributed by atoms with van der Waals surface area (Å²) >= 11 is 9.56. The number of ether oxygens (including phenoxy) is 1. The number of nitrogens with one attached hydrogen (secondary N) is 1. The lowest BCUT2D eigenvalue weighted by Gasteiger charge is -2.31. The summed E-state index contributed by atoms with van der Waals surface area (Å²) in [7, 11) is 1.58. The second kappa shape index (κ2) is 12.6. The van der Waals surface area contributed by atoms with Crippen LogP contribution in [0.15, 0.2) is 77.3 Å². The zero-order valence-corrected chi connectivity index (χ0v) is 21.6. The number of hydrogen-bond donors (Lipinski definition) is 1. The molecular weight excluding hydrogens is 516 g/mol. The van der Waals surface area contributed by atoms with Gasteiger partial charge in [-0.05, 0) is 63.3 Å². The third-order valence-corrected chi connectivity index (χ3v) is 6.41. The van der Waals surface area contributed by atoms with Gasteiger partial charge in [0.25, 0.3) is 5.91 Å². The molecule has 34 heavy (non-hydrogen) atoms. The molecule has 3 aromatic rings. The van der Waals surface area contributed by atoms with Crippen LogP contribution in [-0.2, 0) is 29.0 Å². The van der Waals surface area contributed by atoms with Crippen LogP contribution in [-0.4, -0.2) is 36.4 Å². The van der Waals surface area contributed by atoms with E-state index in [1.54, 1.807) is 24.1 Å². The summed E-state index contributed by atoms with van der Waals surface area (Å²) < 4.78 is 6.65. The van der Waals surface area contributed by atoms with E-state index in [1.165, 1.54) is 0 Å². The number of amides is 2. The molecule has 0 aliphatic rings. The number of nitrogens with zero attached hydrogens (tertiary/aromatic N) is 1. The van der Waals surface area contributed by atoms with E-state index < -0.39 is 6.04 Å². The Morgan fingerprint density at radius 2 is 1.68 bits per heavy atom. The predicted octanol–water partition coefficient (Wildman–Crippen LogP) is 5.43. The van der Waals surface area contributed by atoms with Crippen LogP contribution >= 0.6 is 27.5 Å². The average molecular weight is 544 g/mol. The summed E-state index contributed by atoms with van der Waals surface area (Å²) in [6, 6.07) is 22.0. The first-order chi connectivity index (χ1) is 16.4. The second-order valence-electron chi connectivity index (χ2n) is 7.87. The maximum Gasteiger partial charge on any atom is 0.261 e. The lowest BCUT2D eigenvalue weighted by Crippen LogP contribution is -2.51. The molecule has 5 nitrogen and oxygen atoms in total. The van der Waals surface area contributed by atoms with Crippen molar-refractivity contribution < 1.29 is 14.3 Å². The average Bonchev–Trinajstić information content (AvgIpc) is 2.86. The number of carbonyl (C=O) groups excluding carboxylic acids is 2. The molecule has 3 rings (SSSR count). The number of halogens is 2. The Morgan fingerprint density at radius 3 is 2.29 bits per heavy atom. The van der Waals surface area contributed by atoms with E-state index in [1.807, 2.05) is 60.7 Å². The topological polar surface area (TPSA) is 58.6 Å². The van der Waals surface area contributed by atoms with E-state index >= 15 is 0 Å². The van der Waals surface area contributed by atoms with E-state index in [2.05, 4.69) is 28.2 Å². The molecule has 178 valence electrons. The van der Waals surface area contributed by atoms with Crippen LogP contribution in [0, 0.1) is 0 Å². The summed E-state index contributed by atoms with van der Waals surface area (Å²) in [5.74, 6) is 0.0575. The van der Waals surface area contributed by atoms with Gasteiger partial charge >= 0.3 is 0 Å². The van der Waals surface area contributed by atoms with E-state index in [9.17, 15) is 9.59 Å². The first-order valence-corrected chi connectivity index (χ1v) is 12.3. The van der Waals surface area contributed by atoms with Crippen LogP contribution in [0.5, 0.6) is 5.75 Å². The van der Waals surface area contributed by atoms with Gasteiger partial charge in [-0.2, -0.15) is 0 Å². The van der Waals surface area contributed by atoms with Crippen molar-refractivity contribution in [2.24, 2.45) is 0 Å². The third kappa shape index (κ3) is 7.08. The van der Waals surface area contributed by atoms with Crippen molar-refractivity contribution in [2.75, 3.05) is 13.7 Å². The minimum atomic E-state index is -0.704. The lowest BCUT2D eigenvalue weighted by molar-refractivity contribution is -0.142. The molecule has 0 saturated heterocycles. The minimum Gasteiger partial charge on any atom is -0.483 e. The van der Waals surface area contributed by atoms with E-state index in [4.69, 9.17) is 16.3 Å². The van der Waals surface area contributed by atoms with E-state index in [-0.39, 0.29) is 25.0 Å². The molecule has 2 amide bonds. The van der Waals surface area contributed by atoms with E-state index in [0.29, 0.717) is 17.2 Å². The highest BCUT2D eigenvalue weighted by Gasteiger charge is 2.30. The molecular formula is C27H28BrClN2O3. The van der Waals surface area contributed by atoms with Gasteiger partial charge in [0, 0.05) is 25.0 Å². The summed E-state index contributed by atoms with van der Waals surface area (Å²) in [5, 5.41) is 3.32. The second-order valence-corrected chi connectivity index (χ2v) is 9.17. The van der Waals surface area contributed by atoms with Gasteiger partial charge in [0.15, 0.2) is 6.61 Å². The molecule has 0 fully saturated rings. The number of aryl methyl sites for hydroxylation is 1. The van der Waals surface area contributed by atoms with Crippen LogP contribution in [0.2, 0.25) is 5.02 Å². The first-order valence-electron chi connectivity index (χ1n) is 11.1. The smallest absolute Gasteiger partial charge is 0.261 e. The van der Waals surface area contributed by atoms with Crippen molar-refractivity contribution in [1.29, 1.82) is 0 Å². The number of hydrogen-bond acceptors (Lipinski definition) is 3. The van der Waals surface area contributed by atoms with Crippen LogP contribution in [0.1, 0.15) is 23.6 Å². The Hall–Kier alpha value is -2.83. The summed E-state index contributed by atoms with van der Waals surface area (Å²) in [6.07, 6.45) is 1.29. The van der Waals surface area contributed by atoms with Crippen molar-refractivity contribution in [3.63, 3.8) is 0 Å². The largest absolute Gasteiger partial charge is 0.483 e. The molecule has 0 radical (unpaired) electrons. The maximum atomic E-state index is 13.5. The zero-order valence-electron chi connectivity index (χ0n) is 19.3. The highest BCUT2D eigenvalue weighted by Crippen LogP contribution is 2.26. The van der Waals surface area contributed by atoms with Gasteiger partial charge in [0.2, 0.25) is 5.91 Å². The van der Waals surface area contributed by atoms with Crippen LogP contribution in [0.3, 0.4) is 0 Å². The quantitative estimate of drug-likeness (QED) is 0.371. The Balaban J connectivity index is 1.86. The maximum absolute atomic E-state index is 13.5. The van der Waals surface area contributed by atoms with Crippen molar-refractivity contribution in [1.82, 2.24) is 10.2 Å². The first kappa shape index (κ1) is 25.8. The molecule has 1 atom stereocenters. The molecule has 0 aliphatic carbocycles. The fourth-order valence-electron chi connectivity index (χ4n) is 3.61. The highest BCUT2D eigenvalue weighted by atomic mass is 79.9. The number of likely N-dealkylation sites (N-methyl/N-ethyl adjacent to an activating group) is 1. The number of benzene rings is 3. The van der Waals surface area contributed by atoms with Crippen LogP contribution in [0.25, 0.3) is 0 Å². The molecule has 0 aliphatic heterocycles. The zero-order chi connectivity index (χ0) is 24.5. The van der Waals surface area contributed by atoms with Gasteiger partial charge in [-0.25, -0.2) is 0 Å². The molecule has 7 heteroatoms. The van der Waals surface area contributed by atoms with Gasteiger partial charge < -0.3 is 15.0 Å². The summed E-state index contributed by atoms with van der Waals surface area (Å²) in [6.45, 7) is 2.13. The van der Waals surface area contributed by atoms with Crippen molar-refractivity contribution in [3.8, 4) is 5.75 Å². The molecule has 0 spiro atoms. The summed E-state index contributed by atoms with van der Waals surface area (Å²) in [5.41, 5.74) is 2.99. The lowest BCUT2D eigenvalue weighted by atomic mass is 10.0. The molecule has 3 aromatic carbocycles. The van der Waals surface area contributed by atoms with Crippen molar-refractivity contribution in [3.05, 3.63) is 99.0 Å². The Bertz CT molecular complexity index is 1110. The Kier molecular flexibility index (Phi) is 9.54. The van der Waals surface area contributed by atoms with E-state index in [0.717, 1.165) is 27.6 Å². The fourth-order valence-corrected chi connectivity index (χ4v) is 4.28. The summed E-state index contributed by atoms with van der Waals surface area (Å²) in [4.78, 5) is 28.0.